The Kier molecular flexibility index (Phi) is 4.12. The van der Waals surface area contributed by atoms with Crippen LogP contribution in [0.4, 0.5) is 5.82 Å². The first kappa shape index (κ1) is 15.2. The van der Waals surface area contributed by atoms with Gasteiger partial charge in [0, 0.05) is 43.6 Å². The maximum Gasteiger partial charge on any atom is 0.228 e. The number of carbonyl (C=O) groups excluding carboxylic acids is 1. The van der Waals surface area contributed by atoms with Crippen LogP contribution in [0.25, 0.3) is 22.8 Å². The van der Waals surface area contributed by atoms with Crippen molar-refractivity contribution in [2.75, 3.05) is 19.0 Å². The molecule has 0 atom stereocenters. The summed E-state index contributed by atoms with van der Waals surface area (Å²) in [5, 5.41) is 14.7. The summed E-state index contributed by atoms with van der Waals surface area (Å²) < 4.78 is 5.80. The summed E-state index contributed by atoms with van der Waals surface area (Å²) in [6.07, 6.45) is 1.36. The van der Waals surface area contributed by atoms with E-state index in [1.807, 2.05) is 48.0 Å². The summed E-state index contributed by atoms with van der Waals surface area (Å²) in [4.78, 5) is 21.5. The molecule has 0 fully saturated rings. The Morgan fingerprint density at radius 3 is 2.70 bits per heavy atom. The largest absolute Gasteiger partial charge is 0.550 e. The van der Waals surface area contributed by atoms with E-state index < -0.39 is 5.97 Å². The van der Waals surface area contributed by atoms with Crippen LogP contribution in [0.15, 0.2) is 39.6 Å². The van der Waals surface area contributed by atoms with Gasteiger partial charge in [-0.3, -0.25) is 0 Å². The Morgan fingerprint density at radius 1 is 1.30 bits per heavy atom. The molecule has 23 heavy (non-hydrogen) atoms. The lowest BCUT2D eigenvalue weighted by Gasteiger charge is -2.10. The van der Waals surface area contributed by atoms with E-state index in [0.29, 0.717) is 22.9 Å². The highest BCUT2D eigenvalue weighted by Crippen LogP contribution is 2.31. The van der Waals surface area contributed by atoms with Gasteiger partial charge < -0.3 is 19.2 Å². The first-order chi connectivity index (χ1) is 11.0. The van der Waals surface area contributed by atoms with Crippen LogP contribution in [0.5, 0.6) is 0 Å². The van der Waals surface area contributed by atoms with Crippen molar-refractivity contribution >= 4 is 23.1 Å². The number of carboxylic acids is 1. The first-order valence-electron chi connectivity index (χ1n) is 6.90. The van der Waals surface area contributed by atoms with Gasteiger partial charge in [-0.05, 0) is 23.6 Å². The van der Waals surface area contributed by atoms with Crippen molar-refractivity contribution in [1.29, 1.82) is 0 Å². The zero-order valence-electron chi connectivity index (χ0n) is 12.6. The molecule has 0 radical (unpaired) electrons. The Bertz CT molecular complexity index is 808. The average molecular weight is 328 g/mol. The number of carboxylic acid groups (broad SMARTS) is 1. The van der Waals surface area contributed by atoms with E-state index in [1.54, 1.807) is 6.20 Å². The van der Waals surface area contributed by atoms with E-state index in [-0.39, 0.29) is 6.42 Å². The predicted molar refractivity (Wildman–Crippen MR) is 86.1 cm³/mol. The number of hydrogen-bond acceptors (Lipinski definition) is 7. The number of oxazole rings is 1. The molecule has 0 amide bonds. The fourth-order valence-corrected chi connectivity index (χ4v) is 2.76. The summed E-state index contributed by atoms with van der Waals surface area (Å²) in [5.41, 5.74) is 1.86. The number of rotatable bonds is 5. The monoisotopic (exact) mass is 328 g/mol. The fraction of sp³-hybridized carbons (Fsp3) is 0.188. The topological polar surface area (TPSA) is 82.3 Å². The van der Waals surface area contributed by atoms with E-state index in [2.05, 4.69) is 9.97 Å². The summed E-state index contributed by atoms with van der Waals surface area (Å²) in [5.74, 6) is 0.429. The van der Waals surface area contributed by atoms with E-state index in [4.69, 9.17) is 4.42 Å². The summed E-state index contributed by atoms with van der Waals surface area (Å²) in [7, 11) is 3.81. The third-order valence-electron chi connectivity index (χ3n) is 3.25. The Hall–Kier alpha value is -2.67. The van der Waals surface area contributed by atoms with E-state index in [9.17, 15) is 9.90 Å². The number of hydrogen-bond donors (Lipinski definition) is 0. The van der Waals surface area contributed by atoms with Gasteiger partial charge >= 0.3 is 0 Å². The van der Waals surface area contributed by atoms with E-state index >= 15 is 0 Å². The molecule has 0 saturated carbocycles. The predicted octanol–water partition coefficient (Wildman–Crippen LogP) is 1.82. The van der Waals surface area contributed by atoms with Crippen LogP contribution in [0, 0.1) is 0 Å². The van der Waals surface area contributed by atoms with Crippen LogP contribution in [0.2, 0.25) is 0 Å². The van der Waals surface area contributed by atoms with Crippen molar-refractivity contribution in [3.05, 3.63) is 40.8 Å². The molecule has 3 rings (SSSR count). The van der Waals surface area contributed by atoms with Crippen LogP contribution in [-0.2, 0) is 11.2 Å². The standard InChI is InChI=1S/C16H15N3O3S/c1-19(2)13-4-3-10(8-17-13)16-18-12(7-14(20)21)15(22-16)11-5-6-23-9-11/h3-6,8-9H,7H2,1-2H3,(H,20,21)/p-1. The summed E-state index contributed by atoms with van der Waals surface area (Å²) in [6.45, 7) is 0. The molecular weight excluding hydrogens is 314 g/mol. The molecule has 0 aliphatic heterocycles. The van der Waals surface area contributed by atoms with Gasteiger partial charge in [0.15, 0.2) is 5.76 Å². The quantitative estimate of drug-likeness (QED) is 0.710. The molecule has 0 bridgehead atoms. The Balaban J connectivity index is 2.01. The molecule has 0 unspecified atom stereocenters. The molecule has 6 nitrogen and oxygen atoms in total. The summed E-state index contributed by atoms with van der Waals surface area (Å²) in [6, 6.07) is 5.55. The van der Waals surface area contributed by atoms with Gasteiger partial charge in [0.05, 0.1) is 11.3 Å². The summed E-state index contributed by atoms with van der Waals surface area (Å²) >= 11 is 1.50. The second-order valence-corrected chi connectivity index (χ2v) is 5.94. The third-order valence-corrected chi connectivity index (χ3v) is 3.93. The van der Waals surface area contributed by atoms with Crippen molar-refractivity contribution in [1.82, 2.24) is 9.97 Å². The SMILES string of the molecule is CN(C)c1ccc(-c2nc(CC(=O)[O-])c(-c3ccsc3)o2)cn1. The zero-order valence-corrected chi connectivity index (χ0v) is 13.5. The van der Waals surface area contributed by atoms with Crippen molar-refractivity contribution in [3.63, 3.8) is 0 Å². The van der Waals surface area contributed by atoms with Gasteiger partial charge in [-0.2, -0.15) is 11.3 Å². The number of carbonyl (C=O) groups is 1. The molecule has 0 N–H and O–H groups in total. The van der Waals surface area contributed by atoms with Gasteiger partial charge in [0.1, 0.15) is 5.82 Å². The normalized spacial score (nSPS) is 10.7. The smallest absolute Gasteiger partial charge is 0.228 e. The number of thiophene rings is 1. The molecule has 0 aromatic carbocycles. The van der Waals surface area contributed by atoms with Crippen molar-refractivity contribution in [2.45, 2.75) is 6.42 Å². The maximum atomic E-state index is 10.9. The molecule has 0 saturated heterocycles. The minimum Gasteiger partial charge on any atom is -0.550 e. The molecule has 118 valence electrons. The fourth-order valence-electron chi connectivity index (χ4n) is 2.13. The number of nitrogens with zero attached hydrogens (tertiary/aromatic N) is 3. The van der Waals surface area contributed by atoms with E-state index in [1.165, 1.54) is 11.3 Å². The number of pyridine rings is 1. The van der Waals surface area contributed by atoms with Crippen molar-refractivity contribution < 1.29 is 14.3 Å². The van der Waals surface area contributed by atoms with Gasteiger partial charge in [-0.25, -0.2) is 9.97 Å². The van der Waals surface area contributed by atoms with E-state index in [0.717, 1.165) is 11.4 Å². The van der Waals surface area contributed by atoms with Crippen LogP contribution < -0.4 is 10.0 Å². The molecule has 3 aromatic heterocycles. The van der Waals surface area contributed by atoms with Gasteiger partial charge in [0.2, 0.25) is 5.89 Å². The van der Waals surface area contributed by atoms with Gasteiger partial charge in [0.25, 0.3) is 0 Å². The first-order valence-corrected chi connectivity index (χ1v) is 7.84. The lowest BCUT2D eigenvalue weighted by Crippen LogP contribution is -2.24. The molecule has 0 aliphatic rings. The molecule has 0 spiro atoms. The molecular formula is C16H14N3O3S-. The lowest BCUT2D eigenvalue weighted by atomic mass is 10.2. The average Bonchev–Trinajstić information content (AvgIpc) is 3.16. The second-order valence-electron chi connectivity index (χ2n) is 5.16. The molecule has 3 aromatic rings. The van der Waals surface area contributed by atoms with Crippen LogP contribution in [0.1, 0.15) is 5.69 Å². The number of anilines is 1. The van der Waals surface area contributed by atoms with Crippen molar-refractivity contribution in [3.8, 4) is 22.8 Å². The van der Waals surface area contributed by atoms with Crippen molar-refractivity contribution in [2.24, 2.45) is 0 Å². The zero-order chi connectivity index (χ0) is 16.4. The minimum absolute atomic E-state index is 0.294. The Labute approximate surface area is 137 Å². The van der Waals surface area contributed by atoms with Crippen LogP contribution in [0.3, 0.4) is 0 Å². The highest BCUT2D eigenvalue weighted by Gasteiger charge is 2.17. The second kappa shape index (κ2) is 6.21. The Morgan fingerprint density at radius 2 is 2.13 bits per heavy atom. The lowest BCUT2D eigenvalue weighted by molar-refractivity contribution is -0.304. The highest BCUT2D eigenvalue weighted by atomic mass is 32.1. The highest BCUT2D eigenvalue weighted by molar-refractivity contribution is 7.08. The maximum absolute atomic E-state index is 10.9. The van der Waals surface area contributed by atoms with Gasteiger partial charge in [-0.15, -0.1) is 0 Å². The number of aromatic nitrogens is 2. The number of aliphatic carboxylic acids is 1. The minimum atomic E-state index is -1.19. The molecule has 7 heteroatoms. The van der Waals surface area contributed by atoms with Gasteiger partial charge in [-0.1, -0.05) is 0 Å². The van der Waals surface area contributed by atoms with Crippen LogP contribution >= 0.6 is 11.3 Å². The van der Waals surface area contributed by atoms with Crippen LogP contribution in [-0.4, -0.2) is 30.0 Å². The molecule has 3 heterocycles. The third kappa shape index (κ3) is 3.24. The molecule has 0 aliphatic carbocycles.